The van der Waals surface area contributed by atoms with Gasteiger partial charge >= 0.3 is 0 Å². The predicted molar refractivity (Wildman–Crippen MR) is 385 cm³/mol. The van der Waals surface area contributed by atoms with Crippen LogP contribution in [-0.4, -0.2) is 6.71 Å². The van der Waals surface area contributed by atoms with E-state index in [0.29, 0.717) is 0 Å². The minimum absolute atomic E-state index is 0.0118. The summed E-state index contributed by atoms with van der Waals surface area (Å²) in [6.07, 6.45) is 0. The Labute approximate surface area is 531 Å². The molecule has 11 aromatic rings. The Balaban J connectivity index is 1.18. The van der Waals surface area contributed by atoms with Crippen molar-refractivity contribution < 1.29 is 4.42 Å². The van der Waals surface area contributed by atoms with Crippen molar-refractivity contribution in [2.75, 3.05) is 14.7 Å². The van der Waals surface area contributed by atoms with Crippen molar-refractivity contribution in [2.24, 2.45) is 0 Å². The van der Waals surface area contributed by atoms with Gasteiger partial charge < -0.3 is 19.1 Å². The second-order valence-corrected chi connectivity index (χ2v) is 31.6. The second-order valence-electron chi connectivity index (χ2n) is 31.6. The van der Waals surface area contributed by atoms with Crippen molar-refractivity contribution >= 4 is 96.2 Å². The first kappa shape index (κ1) is 59.4. The Morgan fingerprint density at radius 3 is 1.18 bits per heavy atom. The predicted octanol–water partition coefficient (Wildman–Crippen LogP) is 22.3. The maximum absolute atomic E-state index is 6.76. The molecule has 0 unspecified atom stereocenters. The smallest absolute Gasteiger partial charge is 0.252 e. The quantitative estimate of drug-likeness (QED) is 0.148. The van der Waals surface area contributed by atoms with Gasteiger partial charge in [0.1, 0.15) is 11.2 Å². The molecular weight excluding hydrogens is 1080 g/mol. The molecule has 448 valence electrons. The first-order chi connectivity index (χ1) is 41.9. The third-order valence-electron chi connectivity index (χ3n) is 19.0. The molecule has 13 rings (SSSR count). The van der Waals surface area contributed by atoms with Gasteiger partial charge in [-0.15, -0.1) is 0 Å². The fourth-order valence-electron chi connectivity index (χ4n) is 13.6. The summed E-state index contributed by atoms with van der Waals surface area (Å²) in [5, 5.41) is 2.16. The van der Waals surface area contributed by atoms with Crippen LogP contribution in [0.3, 0.4) is 0 Å². The summed E-state index contributed by atoms with van der Waals surface area (Å²) >= 11 is 0. The van der Waals surface area contributed by atoms with Crippen LogP contribution >= 0.6 is 0 Å². The highest BCUT2D eigenvalue weighted by Gasteiger charge is 2.45. The van der Waals surface area contributed by atoms with E-state index in [-0.39, 0.29) is 39.2 Å². The lowest BCUT2D eigenvalue weighted by atomic mass is 9.33. The van der Waals surface area contributed by atoms with Crippen molar-refractivity contribution in [1.82, 2.24) is 0 Å². The van der Waals surface area contributed by atoms with Crippen molar-refractivity contribution in [3.8, 4) is 22.3 Å². The molecule has 3 heterocycles. The summed E-state index contributed by atoms with van der Waals surface area (Å²) in [4.78, 5) is 7.73. The molecule has 0 N–H and O–H groups in total. The first-order valence-corrected chi connectivity index (χ1v) is 32.3. The van der Waals surface area contributed by atoms with E-state index in [4.69, 9.17) is 4.42 Å². The Hall–Kier alpha value is -8.54. The minimum atomic E-state index is -0.122. The lowest BCUT2D eigenvalue weighted by Crippen LogP contribution is -2.61. The number of anilines is 9. The van der Waals surface area contributed by atoms with E-state index >= 15 is 0 Å². The molecule has 0 amide bonds. The third kappa shape index (κ3) is 10.8. The largest absolute Gasteiger partial charge is 0.456 e. The van der Waals surface area contributed by atoms with E-state index in [1.165, 1.54) is 72.3 Å². The van der Waals surface area contributed by atoms with Crippen molar-refractivity contribution in [3.63, 3.8) is 0 Å². The molecule has 2 aliphatic heterocycles. The number of para-hydroxylation sites is 1. The zero-order valence-electron chi connectivity index (χ0n) is 56.0. The zero-order chi connectivity index (χ0) is 63.1. The van der Waals surface area contributed by atoms with Gasteiger partial charge in [-0.05, 0) is 189 Å². The van der Waals surface area contributed by atoms with E-state index in [2.05, 4.69) is 346 Å². The lowest BCUT2D eigenvalue weighted by molar-refractivity contribution is 0.590. The van der Waals surface area contributed by atoms with Crippen LogP contribution in [0, 0.1) is 0 Å². The Morgan fingerprint density at radius 2 is 0.719 bits per heavy atom. The number of furan rings is 1. The molecule has 10 aromatic carbocycles. The summed E-state index contributed by atoms with van der Waals surface area (Å²) in [5.74, 6) is 0. The summed E-state index contributed by atoms with van der Waals surface area (Å²) in [6, 6.07) is 79.6. The Morgan fingerprint density at radius 1 is 0.315 bits per heavy atom. The second kappa shape index (κ2) is 21.0. The highest BCUT2D eigenvalue weighted by atomic mass is 16.3. The Kier molecular flexibility index (Phi) is 14.1. The van der Waals surface area contributed by atoms with Crippen molar-refractivity contribution in [1.29, 1.82) is 0 Å². The fraction of sp³-hybridized carbons (Fsp3) is 0.286. The van der Waals surface area contributed by atoms with Crippen molar-refractivity contribution in [2.45, 2.75) is 157 Å². The molecule has 0 fully saturated rings. The van der Waals surface area contributed by atoms with Gasteiger partial charge in [0.15, 0.2) is 0 Å². The molecule has 0 bridgehead atoms. The van der Waals surface area contributed by atoms with Gasteiger partial charge in [-0.1, -0.05) is 246 Å². The normalized spacial score (nSPS) is 13.7. The molecule has 0 saturated carbocycles. The summed E-state index contributed by atoms with van der Waals surface area (Å²) < 4.78 is 6.76. The number of nitrogens with zero attached hydrogens (tertiary/aromatic N) is 3. The van der Waals surface area contributed by atoms with Gasteiger partial charge in [0.2, 0.25) is 0 Å². The molecule has 1 aromatic heterocycles. The summed E-state index contributed by atoms with van der Waals surface area (Å²) in [7, 11) is 0. The number of rotatable bonds is 7. The molecule has 5 heteroatoms. The molecule has 0 spiro atoms. The van der Waals surface area contributed by atoms with Gasteiger partial charge in [-0.2, -0.15) is 0 Å². The van der Waals surface area contributed by atoms with E-state index in [1.54, 1.807) is 0 Å². The maximum atomic E-state index is 6.76. The molecule has 0 saturated heterocycles. The fourth-order valence-corrected chi connectivity index (χ4v) is 13.6. The van der Waals surface area contributed by atoms with Crippen LogP contribution in [-0.2, 0) is 32.5 Å². The molecular formula is C84H88BN3O. The van der Waals surface area contributed by atoms with Gasteiger partial charge in [0, 0.05) is 45.2 Å². The van der Waals surface area contributed by atoms with Gasteiger partial charge in [0.25, 0.3) is 6.71 Å². The van der Waals surface area contributed by atoms with E-state index in [9.17, 15) is 0 Å². The average molecular weight is 1170 g/mol. The van der Waals surface area contributed by atoms with Crippen LogP contribution in [0.2, 0.25) is 0 Å². The topological polar surface area (TPSA) is 22.9 Å². The maximum Gasteiger partial charge on any atom is 0.252 e. The van der Waals surface area contributed by atoms with Crippen LogP contribution < -0.4 is 31.1 Å². The van der Waals surface area contributed by atoms with Crippen LogP contribution in [0.25, 0.3) is 44.2 Å². The van der Waals surface area contributed by atoms with Crippen LogP contribution in [0.15, 0.2) is 211 Å². The molecule has 0 atom stereocenters. The summed E-state index contributed by atoms with van der Waals surface area (Å²) in [6.45, 7) is 41.6. The van der Waals surface area contributed by atoms with E-state index in [0.717, 1.165) is 72.9 Å². The number of hydrogen-bond acceptors (Lipinski definition) is 4. The number of fused-ring (bicyclic) bond motifs is 7. The van der Waals surface area contributed by atoms with Gasteiger partial charge in [-0.3, -0.25) is 0 Å². The standard InChI is InChI=1S/C84H88BN3O/c1-79(2,3)57-30-26-53(27-31-57)55-46-56(54-28-32-58(33-29-54)80(4,5)6)48-65(47-55)88-71-45-39-62(84(16,17)18)50-69(71)85-68-49-61(83(13,14)15)38-44-70(68)87(64-42-36-60(37-43-64)82(10,11)12)73-51-66(52-74(88)78(73)85)86(63-40-34-59(35-41-63)81(7,8)9)72-23-21-25-76-77(72)67-22-19-20-24-75(67)89-76/h19-52H,1-18H3. The SMILES string of the molecule is CC(C)(C)c1ccc(-c2cc(-c3ccc(C(C)(C)C)cc3)cc(N3c4ccc(C(C)(C)C)cc4B4c5cc(C(C)(C)C)ccc5N(c5ccc(C(C)(C)C)cc5)c5cc(N(c6ccc(C(C)(C)C)cc6)c6cccc7oc8ccccc8c67)cc3c54)c2)cc1. The monoisotopic (exact) mass is 1170 g/mol. The lowest BCUT2D eigenvalue weighted by Gasteiger charge is -2.46. The molecule has 89 heavy (non-hydrogen) atoms. The van der Waals surface area contributed by atoms with Crippen LogP contribution in [0.1, 0.15) is 158 Å². The number of benzene rings is 10. The molecule has 0 radical (unpaired) electrons. The van der Waals surface area contributed by atoms with Crippen molar-refractivity contribution in [3.05, 3.63) is 240 Å². The minimum Gasteiger partial charge on any atom is -0.456 e. The Bertz CT molecular complexity index is 4450. The molecule has 2 aliphatic rings. The third-order valence-corrected chi connectivity index (χ3v) is 19.0. The number of hydrogen-bond donors (Lipinski definition) is 0. The van der Waals surface area contributed by atoms with Crippen LogP contribution in [0.4, 0.5) is 51.2 Å². The van der Waals surface area contributed by atoms with E-state index < -0.39 is 0 Å². The van der Waals surface area contributed by atoms with Gasteiger partial charge in [0.05, 0.1) is 16.8 Å². The summed E-state index contributed by atoms with van der Waals surface area (Å²) in [5.41, 5.74) is 27.8. The van der Waals surface area contributed by atoms with Gasteiger partial charge in [-0.25, -0.2) is 0 Å². The molecule has 4 nitrogen and oxygen atoms in total. The average Bonchev–Trinajstić information content (AvgIpc) is 1.01. The highest BCUT2D eigenvalue weighted by Crippen LogP contribution is 2.52. The highest BCUT2D eigenvalue weighted by molar-refractivity contribution is 7.00. The molecule has 0 aliphatic carbocycles. The zero-order valence-corrected chi connectivity index (χ0v) is 56.0. The van der Waals surface area contributed by atoms with E-state index in [1.807, 2.05) is 0 Å². The first-order valence-electron chi connectivity index (χ1n) is 32.3. The van der Waals surface area contributed by atoms with Crippen LogP contribution in [0.5, 0.6) is 0 Å².